The van der Waals surface area contributed by atoms with E-state index in [0.717, 1.165) is 17.6 Å². The molecule has 1 aromatic rings. The highest BCUT2D eigenvalue weighted by Crippen LogP contribution is 2.29. The maximum Gasteiger partial charge on any atom is 0.264 e. The number of benzene rings is 1. The highest BCUT2D eigenvalue weighted by Gasteiger charge is 2.45. The van der Waals surface area contributed by atoms with Gasteiger partial charge in [0, 0.05) is 13.5 Å². The SMILES string of the molecule is COCO[C@H](CCOS(C)(=O)=O)[C@H]1O[C@@H]1COCc1ccc(OC)cc1. The predicted octanol–water partition coefficient (Wildman–Crippen LogP) is 1.33. The molecule has 1 aliphatic heterocycles. The Morgan fingerprint density at radius 2 is 1.92 bits per heavy atom. The zero-order valence-electron chi connectivity index (χ0n) is 15.3. The molecule has 0 aromatic heterocycles. The van der Waals surface area contributed by atoms with E-state index in [9.17, 15) is 8.42 Å². The van der Waals surface area contributed by atoms with Crippen LogP contribution in [0, 0.1) is 0 Å². The number of ether oxygens (including phenoxy) is 5. The third kappa shape index (κ3) is 7.56. The molecule has 0 amide bonds. The molecule has 0 bridgehead atoms. The van der Waals surface area contributed by atoms with Crippen LogP contribution in [0.15, 0.2) is 24.3 Å². The molecule has 0 saturated carbocycles. The van der Waals surface area contributed by atoms with E-state index in [0.29, 0.717) is 19.6 Å². The molecular formula is C17H26O8S. The Bertz CT molecular complexity index is 631. The van der Waals surface area contributed by atoms with Crippen LogP contribution < -0.4 is 4.74 Å². The van der Waals surface area contributed by atoms with Crippen LogP contribution in [-0.4, -0.2) is 67.2 Å². The summed E-state index contributed by atoms with van der Waals surface area (Å²) in [5.41, 5.74) is 1.04. The minimum absolute atomic E-state index is 0.0342. The van der Waals surface area contributed by atoms with Gasteiger partial charge in [-0.3, -0.25) is 4.18 Å². The van der Waals surface area contributed by atoms with Crippen LogP contribution in [0.5, 0.6) is 5.75 Å². The second kappa shape index (κ2) is 10.2. The second-order valence-corrected chi connectivity index (χ2v) is 7.57. The monoisotopic (exact) mass is 390 g/mol. The fourth-order valence-corrected chi connectivity index (χ4v) is 2.84. The maximum atomic E-state index is 11.0. The van der Waals surface area contributed by atoms with Gasteiger partial charge in [0.2, 0.25) is 0 Å². The summed E-state index contributed by atoms with van der Waals surface area (Å²) in [6, 6.07) is 7.64. The van der Waals surface area contributed by atoms with Crippen molar-refractivity contribution in [1.82, 2.24) is 0 Å². The first kappa shape index (κ1) is 21.1. The molecule has 1 aliphatic rings. The zero-order valence-corrected chi connectivity index (χ0v) is 16.1. The largest absolute Gasteiger partial charge is 0.497 e. The molecule has 0 N–H and O–H groups in total. The number of epoxide rings is 1. The van der Waals surface area contributed by atoms with Gasteiger partial charge in [0.25, 0.3) is 10.1 Å². The Hall–Kier alpha value is -1.23. The number of hydrogen-bond donors (Lipinski definition) is 0. The molecule has 9 heteroatoms. The van der Waals surface area contributed by atoms with Gasteiger partial charge in [-0.1, -0.05) is 12.1 Å². The van der Waals surface area contributed by atoms with Crippen molar-refractivity contribution in [3.63, 3.8) is 0 Å². The maximum absolute atomic E-state index is 11.0. The lowest BCUT2D eigenvalue weighted by Crippen LogP contribution is -2.26. The predicted molar refractivity (Wildman–Crippen MR) is 93.5 cm³/mol. The van der Waals surface area contributed by atoms with Crippen LogP contribution in [0.25, 0.3) is 0 Å². The van der Waals surface area contributed by atoms with Gasteiger partial charge in [0.05, 0.1) is 39.3 Å². The van der Waals surface area contributed by atoms with Gasteiger partial charge in [-0.15, -0.1) is 0 Å². The summed E-state index contributed by atoms with van der Waals surface area (Å²) in [7, 11) is -0.325. The van der Waals surface area contributed by atoms with Crippen molar-refractivity contribution in [3.8, 4) is 5.75 Å². The standard InChI is InChI=1S/C17H26O8S/c1-20-12-23-15(8-9-24-26(3,18)19)17-16(25-17)11-22-10-13-4-6-14(21-2)7-5-13/h4-7,15-17H,8-12H2,1-3H3/t15-,16-,17-/m1/s1. The van der Waals surface area contributed by atoms with Crippen molar-refractivity contribution in [1.29, 1.82) is 0 Å². The van der Waals surface area contributed by atoms with Crippen molar-refractivity contribution in [3.05, 3.63) is 29.8 Å². The second-order valence-electron chi connectivity index (χ2n) is 5.93. The van der Waals surface area contributed by atoms with E-state index in [4.69, 9.17) is 27.9 Å². The number of hydrogen-bond acceptors (Lipinski definition) is 8. The summed E-state index contributed by atoms with van der Waals surface area (Å²) in [5.74, 6) is 0.800. The third-order valence-corrected chi connectivity index (χ3v) is 4.39. The van der Waals surface area contributed by atoms with E-state index in [2.05, 4.69) is 0 Å². The molecule has 148 valence electrons. The molecule has 26 heavy (non-hydrogen) atoms. The van der Waals surface area contributed by atoms with Crippen molar-refractivity contribution in [2.45, 2.75) is 31.3 Å². The van der Waals surface area contributed by atoms with Crippen LogP contribution in [0.1, 0.15) is 12.0 Å². The van der Waals surface area contributed by atoms with E-state index < -0.39 is 10.1 Å². The summed E-state index contributed by atoms with van der Waals surface area (Å²) in [4.78, 5) is 0. The lowest BCUT2D eigenvalue weighted by atomic mass is 10.1. The van der Waals surface area contributed by atoms with Gasteiger partial charge < -0.3 is 23.7 Å². The van der Waals surface area contributed by atoms with E-state index in [1.54, 1.807) is 7.11 Å². The average Bonchev–Trinajstić information content (AvgIpc) is 3.37. The summed E-state index contributed by atoms with van der Waals surface area (Å²) in [5, 5.41) is 0. The van der Waals surface area contributed by atoms with Gasteiger partial charge in [0.15, 0.2) is 0 Å². The Labute approximate surface area is 154 Å². The molecule has 8 nitrogen and oxygen atoms in total. The summed E-state index contributed by atoms with van der Waals surface area (Å²) in [6.45, 7) is 1.03. The summed E-state index contributed by atoms with van der Waals surface area (Å²) < 4.78 is 53.7. The van der Waals surface area contributed by atoms with Crippen molar-refractivity contribution < 1.29 is 36.3 Å². The van der Waals surface area contributed by atoms with E-state index in [-0.39, 0.29) is 31.7 Å². The van der Waals surface area contributed by atoms with Crippen LogP contribution in [-0.2, 0) is 39.9 Å². The van der Waals surface area contributed by atoms with Crippen LogP contribution in [0.4, 0.5) is 0 Å². The minimum atomic E-state index is -3.47. The number of rotatable bonds is 13. The fourth-order valence-electron chi connectivity index (χ4n) is 2.45. The molecule has 1 fully saturated rings. The molecule has 0 unspecified atom stereocenters. The molecule has 0 aliphatic carbocycles. The van der Waals surface area contributed by atoms with Crippen LogP contribution in [0.2, 0.25) is 0 Å². The van der Waals surface area contributed by atoms with Gasteiger partial charge in [-0.25, -0.2) is 0 Å². The van der Waals surface area contributed by atoms with Gasteiger partial charge in [-0.05, 0) is 17.7 Å². The summed E-state index contributed by atoms with van der Waals surface area (Å²) >= 11 is 0. The van der Waals surface area contributed by atoms with E-state index >= 15 is 0 Å². The zero-order chi connectivity index (χ0) is 19.0. The lowest BCUT2D eigenvalue weighted by Gasteiger charge is -2.15. The molecule has 1 heterocycles. The molecule has 0 radical (unpaired) electrons. The van der Waals surface area contributed by atoms with Crippen molar-refractivity contribution in [2.24, 2.45) is 0 Å². The lowest BCUT2D eigenvalue weighted by molar-refractivity contribution is -0.0844. The highest BCUT2D eigenvalue weighted by atomic mass is 32.2. The normalized spacial score (nSPS) is 20.7. The van der Waals surface area contributed by atoms with E-state index in [1.165, 1.54) is 7.11 Å². The average molecular weight is 390 g/mol. The van der Waals surface area contributed by atoms with Gasteiger partial charge in [-0.2, -0.15) is 8.42 Å². The Morgan fingerprint density at radius 1 is 1.19 bits per heavy atom. The highest BCUT2D eigenvalue weighted by molar-refractivity contribution is 7.85. The molecule has 1 aromatic carbocycles. The Morgan fingerprint density at radius 3 is 2.54 bits per heavy atom. The molecular weight excluding hydrogens is 364 g/mol. The first-order valence-electron chi connectivity index (χ1n) is 8.24. The first-order chi connectivity index (χ1) is 12.4. The number of methoxy groups -OCH3 is 2. The third-order valence-electron chi connectivity index (χ3n) is 3.80. The Kier molecular flexibility index (Phi) is 8.26. The smallest absolute Gasteiger partial charge is 0.264 e. The minimum Gasteiger partial charge on any atom is -0.497 e. The first-order valence-corrected chi connectivity index (χ1v) is 10.1. The van der Waals surface area contributed by atoms with Gasteiger partial charge in [0.1, 0.15) is 24.8 Å². The van der Waals surface area contributed by atoms with E-state index in [1.807, 2.05) is 24.3 Å². The fraction of sp³-hybridized carbons (Fsp3) is 0.647. The summed E-state index contributed by atoms with van der Waals surface area (Å²) in [6.07, 6.45) is 0.834. The van der Waals surface area contributed by atoms with Crippen LogP contribution in [0.3, 0.4) is 0 Å². The van der Waals surface area contributed by atoms with Crippen LogP contribution >= 0.6 is 0 Å². The molecule has 2 rings (SSSR count). The molecule has 0 spiro atoms. The van der Waals surface area contributed by atoms with Crippen molar-refractivity contribution >= 4 is 10.1 Å². The molecule has 1 saturated heterocycles. The van der Waals surface area contributed by atoms with Gasteiger partial charge >= 0.3 is 0 Å². The molecule has 3 atom stereocenters. The quantitative estimate of drug-likeness (QED) is 0.283. The topological polar surface area (TPSA) is 92.8 Å². The Balaban J connectivity index is 1.71. The van der Waals surface area contributed by atoms with Crippen molar-refractivity contribution in [2.75, 3.05) is 40.5 Å².